The molecule has 24 heavy (non-hydrogen) atoms. The first kappa shape index (κ1) is 18.3. The van der Waals surface area contributed by atoms with E-state index in [0.717, 1.165) is 35.1 Å². The Bertz CT molecular complexity index is 503. The molecule has 0 bridgehead atoms. The van der Waals surface area contributed by atoms with Gasteiger partial charge in [0, 0.05) is 10.6 Å². The van der Waals surface area contributed by atoms with Crippen LogP contribution in [0.2, 0.25) is 5.02 Å². The highest BCUT2D eigenvalue weighted by Crippen LogP contribution is 2.44. The minimum absolute atomic E-state index is 0.761. The van der Waals surface area contributed by atoms with E-state index in [4.69, 9.17) is 23.2 Å². The third kappa shape index (κ3) is 5.02. The van der Waals surface area contributed by atoms with Gasteiger partial charge in [-0.05, 0) is 92.7 Å². The molecule has 0 amide bonds. The number of rotatable bonds is 5. The quantitative estimate of drug-likeness (QED) is 0.496. The molecular formula is C22H30Cl2. The molecular weight excluding hydrogens is 335 g/mol. The van der Waals surface area contributed by atoms with E-state index in [2.05, 4.69) is 18.2 Å². The number of halogens is 2. The normalized spacial score (nSPS) is 31.4. The van der Waals surface area contributed by atoms with Gasteiger partial charge < -0.3 is 0 Å². The predicted molar refractivity (Wildman–Crippen MR) is 106 cm³/mol. The fraction of sp³-hybridized carbons (Fsp3) is 0.636. The maximum absolute atomic E-state index is 6.02. The van der Waals surface area contributed by atoms with E-state index in [0.29, 0.717) is 0 Å². The van der Waals surface area contributed by atoms with Gasteiger partial charge >= 0.3 is 0 Å². The number of allylic oxidation sites excluding steroid dienone is 1. The van der Waals surface area contributed by atoms with Crippen LogP contribution in [-0.2, 0) is 0 Å². The van der Waals surface area contributed by atoms with Crippen molar-refractivity contribution < 1.29 is 0 Å². The summed E-state index contributed by atoms with van der Waals surface area (Å²) in [4.78, 5) is 0. The summed E-state index contributed by atoms with van der Waals surface area (Å²) in [6.07, 6.45) is 16.0. The molecule has 3 rings (SSSR count). The van der Waals surface area contributed by atoms with E-state index < -0.39 is 0 Å². The third-order valence-electron chi connectivity index (χ3n) is 6.50. The summed E-state index contributed by atoms with van der Waals surface area (Å²) in [7, 11) is 0. The smallest absolute Gasteiger partial charge is 0.0406 e. The Balaban J connectivity index is 1.42. The van der Waals surface area contributed by atoms with Gasteiger partial charge in [0.15, 0.2) is 0 Å². The minimum atomic E-state index is 0.761. The Labute approximate surface area is 157 Å². The Morgan fingerprint density at radius 3 is 2.00 bits per heavy atom. The van der Waals surface area contributed by atoms with Gasteiger partial charge in [-0.1, -0.05) is 54.3 Å². The summed E-state index contributed by atoms with van der Waals surface area (Å²) in [6.45, 7) is 0. The summed E-state index contributed by atoms with van der Waals surface area (Å²) in [5.41, 5.74) is 3.17. The van der Waals surface area contributed by atoms with E-state index in [1.807, 2.05) is 12.1 Å². The summed E-state index contributed by atoms with van der Waals surface area (Å²) < 4.78 is 0. The number of hydrogen-bond donors (Lipinski definition) is 0. The van der Waals surface area contributed by atoms with Gasteiger partial charge in [-0.25, -0.2) is 0 Å². The fourth-order valence-electron chi connectivity index (χ4n) is 5.00. The number of benzene rings is 1. The SMILES string of the molecule is ClC=CCCC1CCC(C2CCC(c3ccc(Cl)cc3)CC2)CC1. The van der Waals surface area contributed by atoms with Gasteiger partial charge in [-0.2, -0.15) is 0 Å². The number of hydrogen-bond acceptors (Lipinski definition) is 0. The average Bonchev–Trinajstić information content (AvgIpc) is 2.63. The maximum atomic E-state index is 6.02. The molecule has 2 fully saturated rings. The van der Waals surface area contributed by atoms with Crippen LogP contribution in [0.25, 0.3) is 0 Å². The van der Waals surface area contributed by atoms with Crippen LogP contribution in [0.3, 0.4) is 0 Å². The summed E-state index contributed by atoms with van der Waals surface area (Å²) >= 11 is 11.6. The lowest BCUT2D eigenvalue weighted by atomic mass is 9.68. The summed E-state index contributed by atoms with van der Waals surface area (Å²) in [5, 5.41) is 0.853. The first-order valence-electron chi connectivity index (χ1n) is 9.77. The van der Waals surface area contributed by atoms with Crippen LogP contribution in [0.15, 0.2) is 35.9 Å². The second kappa shape index (κ2) is 9.30. The zero-order valence-electron chi connectivity index (χ0n) is 14.6. The van der Waals surface area contributed by atoms with Crippen LogP contribution >= 0.6 is 23.2 Å². The molecule has 2 aliphatic carbocycles. The van der Waals surface area contributed by atoms with Crippen molar-refractivity contribution in [3.63, 3.8) is 0 Å². The molecule has 0 radical (unpaired) electrons. The molecule has 2 heteroatoms. The summed E-state index contributed by atoms with van der Waals surface area (Å²) in [5.74, 6) is 3.69. The Kier molecular flexibility index (Phi) is 7.10. The fourth-order valence-corrected chi connectivity index (χ4v) is 5.25. The standard InChI is InChI=1S/C22H30Cl2/c23-16-2-1-3-17-4-6-18(7-5-17)19-8-10-20(11-9-19)21-12-14-22(24)15-13-21/h2,12-20H,1,3-11H2. The van der Waals surface area contributed by atoms with Gasteiger partial charge in [0.05, 0.1) is 0 Å². The molecule has 1 aromatic rings. The predicted octanol–water partition coefficient (Wildman–Crippen LogP) is 7.95. The lowest BCUT2D eigenvalue weighted by Gasteiger charge is -2.38. The lowest BCUT2D eigenvalue weighted by molar-refractivity contribution is 0.157. The van der Waals surface area contributed by atoms with E-state index >= 15 is 0 Å². The van der Waals surface area contributed by atoms with Crippen LogP contribution in [-0.4, -0.2) is 0 Å². The summed E-state index contributed by atoms with van der Waals surface area (Å²) in [6, 6.07) is 8.55. The molecule has 132 valence electrons. The highest BCUT2D eigenvalue weighted by atomic mass is 35.5. The lowest BCUT2D eigenvalue weighted by Crippen LogP contribution is -2.25. The van der Waals surface area contributed by atoms with Crippen molar-refractivity contribution in [3.05, 3.63) is 46.5 Å². The van der Waals surface area contributed by atoms with Gasteiger partial charge in [0.1, 0.15) is 0 Å². The van der Waals surface area contributed by atoms with Gasteiger partial charge in [-0.3, -0.25) is 0 Å². The molecule has 0 nitrogen and oxygen atoms in total. The van der Waals surface area contributed by atoms with Crippen LogP contribution in [0, 0.1) is 17.8 Å². The average molecular weight is 365 g/mol. The van der Waals surface area contributed by atoms with Crippen LogP contribution in [0.4, 0.5) is 0 Å². The second-order valence-corrected chi connectivity index (χ2v) is 8.57. The van der Waals surface area contributed by atoms with Crippen molar-refractivity contribution >= 4 is 23.2 Å². The highest BCUT2D eigenvalue weighted by molar-refractivity contribution is 6.30. The van der Waals surface area contributed by atoms with Crippen molar-refractivity contribution in [2.45, 2.75) is 70.1 Å². The molecule has 0 spiro atoms. The van der Waals surface area contributed by atoms with Crippen molar-refractivity contribution in [2.24, 2.45) is 17.8 Å². The van der Waals surface area contributed by atoms with Gasteiger partial charge in [0.2, 0.25) is 0 Å². The topological polar surface area (TPSA) is 0 Å². The Hall–Kier alpha value is -0.460. The molecule has 1 aromatic carbocycles. The zero-order valence-corrected chi connectivity index (χ0v) is 16.1. The van der Waals surface area contributed by atoms with E-state index in [1.54, 1.807) is 5.54 Å². The molecule has 0 N–H and O–H groups in total. The molecule has 0 atom stereocenters. The first-order valence-corrected chi connectivity index (χ1v) is 10.6. The second-order valence-electron chi connectivity index (χ2n) is 7.88. The maximum Gasteiger partial charge on any atom is 0.0406 e. The molecule has 2 aliphatic rings. The largest absolute Gasteiger partial charge is 0.0933 e. The monoisotopic (exact) mass is 364 g/mol. The van der Waals surface area contributed by atoms with Crippen LogP contribution in [0.1, 0.15) is 75.7 Å². The minimum Gasteiger partial charge on any atom is -0.0933 e. The van der Waals surface area contributed by atoms with Crippen molar-refractivity contribution in [2.75, 3.05) is 0 Å². The Morgan fingerprint density at radius 1 is 0.833 bits per heavy atom. The van der Waals surface area contributed by atoms with E-state index in [-0.39, 0.29) is 0 Å². The Morgan fingerprint density at radius 2 is 1.42 bits per heavy atom. The molecule has 2 saturated carbocycles. The van der Waals surface area contributed by atoms with Gasteiger partial charge in [-0.15, -0.1) is 0 Å². The zero-order chi connectivity index (χ0) is 16.8. The van der Waals surface area contributed by atoms with Crippen LogP contribution in [0.5, 0.6) is 0 Å². The van der Waals surface area contributed by atoms with Gasteiger partial charge in [0.25, 0.3) is 0 Å². The van der Waals surface area contributed by atoms with Crippen molar-refractivity contribution in [1.82, 2.24) is 0 Å². The van der Waals surface area contributed by atoms with Crippen molar-refractivity contribution in [1.29, 1.82) is 0 Å². The molecule has 0 aromatic heterocycles. The highest BCUT2D eigenvalue weighted by Gasteiger charge is 2.31. The molecule has 0 unspecified atom stereocenters. The molecule has 0 heterocycles. The molecule has 0 aliphatic heterocycles. The third-order valence-corrected chi connectivity index (χ3v) is 6.93. The molecule has 0 saturated heterocycles. The first-order chi connectivity index (χ1) is 11.8. The van der Waals surface area contributed by atoms with E-state index in [1.165, 1.54) is 63.4 Å². The van der Waals surface area contributed by atoms with Crippen molar-refractivity contribution in [3.8, 4) is 0 Å². The van der Waals surface area contributed by atoms with Crippen LogP contribution < -0.4 is 0 Å². The van der Waals surface area contributed by atoms with E-state index in [9.17, 15) is 0 Å².